The number of alkyl halides is 3. The van der Waals surface area contributed by atoms with E-state index >= 15 is 0 Å². The third kappa shape index (κ3) is 5.77. The van der Waals surface area contributed by atoms with E-state index in [1.54, 1.807) is 13.8 Å². The minimum absolute atomic E-state index is 0.0209. The van der Waals surface area contributed by atoms with E-state index in [1.165, 1.54) is 24.3 Å². The first kappa shape index (κ1) is 22.3. The summed E-state index contributed by atoms with van der Waals surface area (Å²) in [5.41, 5.74) is -0.580. The Hall–Kier alpha value is -1.95. The lowest BCUT2D eigenvalue weighted by Crippen LogP contribution is -2.30. The van der Waals surface area contributed by atoms with E-state index in [9.17, 15) is 30.0 Å². The molecule has 0 saturated heterocycles. The van der Waals surface area contributed by atoms with Crippen LogP contribution in [0.15, 0.2) is 58.3 Å². The van der Waals surface area contributed by atoms with Crippen molar-refractivity contribution in [3.8, 4) is 0 Å². The lowest BCUT2D eigenvalue weighted by molar-refractivity contribution is -0.137. The largest absolute Gasteiger partial charge is 0.416 e. The molecular formula is C17H19F3N2O4S2. The molecule has 0 amide bonds. The van der Waals surface area contributed by atoms with Gasteiger partial charge in [-0.2, -0.15) is 13.2 Å². The molecule has 154 valence electrons. The Morgan fingerprint density at radius 2 is 1.50 bits per heavy atom. The van der Waals surface area contributed by atoms with Gasteiger partial charge in [-0.1, -0.05) is 12.1 Å². The predicted molar refractivity (Wildman–Crippen MR) is 97.4 cm³/mol. The van der Waals surface area contributed by atoms with Crippen molar-refractivity contribution in [2.45, 2.75) is 42.4 Å². The van der Waals surface area contributed by atoms with Crippen LogP contribution in [0.2, 0.25) is 0 Å². The van der Waals surface area contributed by atoms with E-state index in [0.717, 1.165) is 12.1 Å². The van der Waals surface area contributed by atoms with Crippen LogP contribution < -0.4 is 9.44 Å². The molecule has 0 aliphatic heterocycles. The molecule has 0 bridgehead atoms. The van der Waals surface area contributed by atoms with Gasteiger partial charge >= 0.3 is 6.18 Å². The van der Waals surface area contributed by atoms with Crippen molar-refractivity contribution >= 4 is 20.0 Å². The third-order valence-electron chi connectivity index (χ3n) is 3.56. The average molecular weight is 436 g/mol. The number of nitrogens with one attached hydrogen (secondary N) is 2. The zero-order valence-corrected chi connectivity index (χ0v) is 16.6. The molecule has 28 heavy (non-hydrogen) atoms. The number of benzene rings is 2. The normalized spacial score (nSPS) is 13.1. The summed E-state index contributed by atoms with van der Waals surface area (Å²) < 4.78 is 91.3. The zero-order chi connectivity index (χ0) is 21.2. The van der Waals surface area contributed by atoms with Crippen LogP contribution >= 0.6 is 0 Å². The van der Waals surface area contributed by atoms with Crippen molar-refractivity contribution in [1.29, 1.82) is 0 Å². The smallest absolute Gasteiger partial charge is 0.209 e. The molecule has 0 saturated carbocycles. The summed E-state index contributed by atoms with van der Waals surface area (Å²) in [5.74, 6) is 0. The minimum atomic E-state index is -4.56. The summed E-state index contributed by atoms with van der Waals surface area (Å²) in [7, 11) is -7.81. The Labute approximate surface area is 161 Å². The van der Waals surface area contributed by atoms with E-state index in [1.807, 2.05) is 0 Å². The van der Waals surface area contributed by atoms with Crippen LogP contribution in [-0.2, 0) is 32.8 Å². The second-order valence-electron chi connectivity index (χ2n) is 6.27. The van der Waals surface area contributed by atoms with Gasteiger partial charge in [-0.3, -0.25) is 0 Å². The molecule has 11 heteroatoms. The van der Waals surface area contributed by atoms with E-state index in [-0.39, 0.29) is 22.4 Å². The summed E-state index contributed by atoms with van der Waals surface area (Å²) in [4.78, 5) is -0.349. The fraction of sp³-hybridized carbons (Fsp3) is 0.294. The van der Waals surface area contributed by atoms with Gasteiger partial charge in [-0.05, 0) is 55.8 Å². The van der Waals surface area contributed by atoms with E-state index < -0.39 is 31.8 Å². The molecule has 6 nitrogen and oxygen atoms in total. The summed E-state index contributed by atoms with van der Waals surface area (Å²) >= 11 is 0. The van der Waals surface area contributed by atoms with Crippen LogP contribution in [0.4, 0.5) is 13.2 Å². The molecule has 0 fully saturated rings. The number of sulfonamides is 2. The number of hydrogen-bond donors (Lipinski definition) is 2. The number of hydrogen-bond acceptors (Lipinski definition) is 4. The lowest BCUT2D eigenvalue weighted by atomic mass is 10.2. The lowest BCUT2D eigenvalue weighted by Gasteiger charge is -2.12. The molecule has 0 aliphatic rings. The first-order valence-corrected chi connectivity index (χ1v) is 11.1. The highest BCUT2D eigenvalue weighted by Gasteiger charge is 2.30. The van der Waals surface area contributed by atoms with Crippen LogP contribution in [-0.4, -0.2) is 22.9 Å². The molecule has 0 atom stereocenters. The number of halogens is 3. The summed E-state index contributed by atoms with van der Waals surface area (Å²) in [6.07, 6.45) is -4.56. The molecule has 2 N–H and O–H groups in total. The standard InChI is InChI=1S/C17H19F3N2O4S2/c1-12(2)22-28(25,26)16-5-3-4-13(10-16)11-21-27(23,24)15-8-6-14(7-9-15)17(18,19)20/h3-10,12,21-22H,11H2,1-2H3. The Balaban J connectivity index is 2.16. The van der Waals surface area contributed by atoms with Crippen molar-refractivity contribution in [3.05, 3.63) is 59.7 Å². The van der Waals surface area contributed by atoms with Gasteiger partial charge < -0.3 is 0 Å². The minimum Gasteiger partial charge on any atom is -0.209 e. The van der Waals surface area contributed by atoms with Gasteiger partial charge in [0, 0.05) is 12.6 Å². The highest BCUT2D eigenvalue weighted by molar-refractivity contribution is 7.89. The maximum atomic E-state index is 12.6. The second-order valence-corrected chi connectivity index (χ2v) is 9.75. The first-order chi connectivity index (χ1) is 12.8. The molecule has 0 unspecified atom stereocenters. The van der Waals surface area contributed by atoms with Gasteiger partial charge in [0.15, 0.2) is 0 Å². The molecule has 0 spiro atoms. The Morgan fingerprint density at radius 1 is 0.893 bits per heavy atom. The Morgan fingerprint density at radius 3 is 2.04 bits per heavy atom. The van der Waals surface area contributed by atoms with Gasteiger partial charge in [0.2, 0.25) is 20.0 Å². The second kappa shape index (κ2) is 8.19. The molecule has 2 rings (SSSR count). The molecular weight excluding hydrogens is 417 g/mol. The summed E-state index contributed by atoms with van der Waals surface area (Å²) in [6, 6.07) is 8.46. The fourth-order valence-electron chi connectivity index (χ4n) is 2.29. The van der Waals surface area contributed by atoms with Gasteiger partial charge in [0.25, 0.3) is 0 Å². The summed E-state index contributed by atoms with van der Waals surface area (Å²) in [6.45, 7) is 3.10. The number of rotatable bonds is 7. The van der Waals surface area contributed by atoms with Gasteiger partial charge in [0.05, 0.1) is 15.4 Å². The van der Waals surface area contributed by atoms with Crippen molar-refractivity contribution in [3.63, 3.8) is 0 Å². The maximum Gasteiger partial charge on any atom is 0.416 e. The average Bonchev–Trinajstić information content (AvgIpc) is 2.59. The van der Waals surface area contributed by atoms with Gasteiger partial charge in [-0.15, -0.1) is 0 Å². The van der Waals surface area contributed by atoms with Gasteiger partial charge in [-0.25, -0.2) is 26.3 Å². The molecule has 0 aliphatic carbocycles. The van der Waals surface area contributed by atoms with E-state index in [4.69, 9.17) is 0 Å². The van der Waals surface area contributed by atoms with Crippen LogP contribution in [0, 0.1) is 0 Å². The van der Waals surface area contributed by atoms with E-state index in [0.29, 0.717) is 17.7 Å². The quantitative estimate of drug-likeness (QED) is 0.698. The molecule has 2 aromatic rings. The van der Waals surface area contributed by atoms with Crippen LogP contribution in [0.5, 0.6) is 0 Å². The van der Waals surface area contributed by atoms with Crippen LogP contribution in [0.25, 0.3) is 0 Å². The third-order valence-corrected chi connectivity index (χ3v) is 6.63. The highest BCUT2D eigenvalue weighted by Crippen LogP contribution is 2.29. The first-order valence-electron chi connectivity index (χ1n) is 8.09. The maximum absolute atomic E-state index is 12.6. The molecule has 2 aromatic carbocycles. The molecule has 0 radical (unpaired) electrons. The fourth-order valence-corrected chi connectivity index (χ4v) is 4.62. The van der Waals surface area contributed by atoms with Crippen LogP contribution in [0.3, 0.4) is 0 Å². The van der Waals surface area contributed by atoms with Crippen molar-refractivity contribution in [2.75, 3.05) is 0 Å². The SMILES string of the molecule is CC(C)NS(=O)(=O)c1cccc(CNS(=O)(=O)c2ccc(C(F)(F)F)cc2)c1. The topological polar surface area (TPSA) is 92.3 Å². The molecule has 0 aromatic heterocycles. The monoisotopic (exact) mass is 436 g/mol. The van der Waals surface area contributed by atoms with Crippen molar-refractivity contribution in [1.82, 2.24) is 9.44 Å². The Bertz CT molecular complexity index is 1030. The molecule has 0 heterocycles. The highest BCUT2D eigenvalue weighted by atomic mass is 32.2. The Kier molecular flexibility index (Phi) is 6.54. The summed E-state index contributed by atoms with van der Waals surface area (Å²) in [5, 5.41) is 0. The van der Waals surface area contributed by atoms with Crippen molar-refractivity contribution in [2.24, 2.45) is 0 Å². The zero-order valence-electron chi connectivity index (χ0n) is 15.0. The predicted octanol–water partition coefficient (Wildman–Crippen LogP) is 2.87. The van der Waals surface area contributed by atoms with Gasteiger partial charge in [0.1, 0.15) is 0 Å². The van der Waals surface area contributed by atoms with Crippen LogP contribution in [0.1, 0.15) is 25.0 Å². The van der Waals surface area contributed by atoms with Crippen molar-refractivity contribution < 1.29 is 30.0 Å². The van der Waals surface area contributed by atoms with E-state index in [2.05, 4.69) is 9.44 Å².